The van der Waals surface area contributed by atoms with E-state index in [1.165, 1.54) is 0 Å². The van der Waals surface area contributed by atoms with Gasteiger partial charge in [-0.1, -0.05) is 54.6 Å². The van der Waals surface area contributed by atoms with Gasteiger partial charge in [0.25, 0.3) is 5.91 Å². The monoisotopic (exact) mass is 370 g/mol. The van der Waals surface area contributed by atoms with Crippen molar-refractivity contribution >= 4 is 17.5 Å². The molecule has 0 saturated carbocycles. The Kier molecular flexibility index (Phi) is 5.20. The highest BCUT2D eigenvalue weighted by atomic mass is 16.2. The Morgan fingerprint density at radius 2 is 1.64 bits per heavy atom. The van der Waals surface area contributed by atoms with Gasteiger partial charge < -0.3 is 10.2 Å². The second kappa shape index (κ2) is 8.09. The van der Waals surface area contributed by atoms with E-state index in [1.807, 2.05) is 83.8 Å². The molecule has 1 aliphatic heterocycles. The maximum Gasteiger partial charge on any atom is 0.255 e. The van der Waals surface area contributed by atoms with Gasteiger partial charge in [-0.25, -0.2) is 0 Å². The predicted molar refractivity (Wildman–Crippen MR) is 111 cm³/mol. The summed E-state index contributed by atoms with van der Waals surface area (Å²) in [5.74, 6) is 0.0574. The highest BCUT2D eigenvalue weighted by Gasteiger charge is 2.20. The summed E-state index contributed by atoms with van der Waals surface area (Å²) in [5.41, 5.74) is 4.57. The average Bonchev–Trinajstić information content (AvgIpc) is 3.13. The number of rotatable bonds is 5. The van der Waals surface area contributed by atoms with Gasteiger partial charge in [0, 0.05) is 30.8 Å². The van der Waals surface area contributed by atoms with Gasteiger partial charge in [-0.2, -0.15) is 0 Å². The van der Waals surface area contributed by atoms with E-state index in [2.05, 4.69) is 5.32 Å². The normalized spacial score (nSPS) is 13.6. The average molecular weight is 370 g/mol. The van der Waals surface area contributed by atoms with Gasteiger partial charge in [0.05, 0.1) is 0 Å². The minimum atomic E-state index is -0.144. The number of hydrogen-bond donors (Lipinski definition) is 1. The zero-order valence-corrected chi connectivity index (χ0v) is 15.6. The summed E-state index contributed by atoms with van der Waals surface area (Å²) >= 11 is 0. The molecule has 0 unspecified atom stereocenters. The van der Waals surface area contributed by atoms with Crippen LogP contribution in [-0.4, -0.2) is 23.3 Å². The summed E-state index contributed by atoms with van der Waals surface area (Å²) < 4.78 is 0. The molecule has 3 aromatic rings. The molecule has 0 aromatic heterocycles. The second-order valence-electron chi connectivity index (χ2n) is 7.02. The molecule has 4 heteroatoms. The van der Waals surface area contributed by atoms with Crippen molar-refractivity contribution < 1.29 is 9.59 Å². The van der Waals surface area contributed by atoms with Crippen LogP contribution >= 0.6 is 0 Å². The highest BCUT2D eigenvalue weighted by Crippen LogP contribution is 2.21. The molecule has 0 bridgehead atoms. The maximum absolute atomic E-state index is 12.6. The molecule has 140 valence electrons. The van der Waals surface area contributed by atoms with E-state index >= 15 is 0 Å². The molecule has 3 aromatic carbocycles. The number of anilines is 1. The summed E-state index contributed by atoms with van der Waals surface area (Å²) in [7, 11) is 0. The molecule has 4 nitrogen and oxygen atoms in total. The van der Waals surface area contributed by atoms with E-state index in [1.54, 1.807) is 0 Å². The van der Waals surface area contributed by atoms with Crippen LogP contribution in [-0.2, 0) is 11.3 Å². The number of nitrogens with one attached hydrogen (secondary N) is 1. The van der Waals surface area contributed by atoms with Gasteiger partial charge in [0.1, 0.15) is 0 Å². The van der Waals surface area contributed by atoms with Gasteiger partial charge in [0.2, 0.25) is 5.91 Å². The van der Waals surface area contributed by atoms with Gasteiger partial charge in [0.15, 0.2) is 0 Å². The van der Waals surface area contributed by atoms with Gasteiger partial charge >= 0.3 is 0 Å². The fourth-order valence-corrected chi connectivity index (χ4v) is 3.49. The first-order valence-electron chi connectivity index (χ1n) is 9.52. The van der Waals surface area contributed by atoms with E-state index in [0.29, 0.717) is 18.5 Å². The molecule has 4 rings (SSSR count). The van der Waals surface area contributed by atoms with Gasteiger partial charge in [-0.15, -0.1) is 0 Å². The molecule has 2 amide bonds. The minimum Gasteiger partial charge on any atom is -0.338 e. The van der Waals surface area contributed by atoms with Crippen LogP contribution < -0.4 is 5.32 Å². The molecule has 1 saturated heterocycles. The molecule has 0 spiro atoms. The van der Waals surface area contributed by atoms with Crippen molar-refractivity contribution in [2.75, 3.05) is 11.9 Å². The third-order valence-corrected chi connectivity index (χ3v) is 4.98. The first-order valence-corrected chi connectivity index (χ1v) is 9.52. The number of hydrogen-bond acceptors (Lipinski definition) is 2. The molecule has 1 fully saturated rings. The van der Waals surface area contributed by atoms with Crippen molar-refractivity contribution in [2.45, 2.75) is 19.4 Å². The Hall–Kier alpha value is -3.40. The zero-order valence-electron chi connectivity index (χ0n) is 15.6. The molecular weight excluding hydrogens is 348 g/mol. The van der Waals surface area contributed by atoms with Crippen LogP contribution in [0.4, 0.5) is 5.69 Å². The molecule has 1 aliphatic rings. The number of benzene rings is 3. The zero-order chi connectivity index (χ0) is 19.3. The number of nitrogens with zero attached hydrogens (tertiary/aromatic N) is 1. The Morgan fingerprint density at radius 1 is 0.893 bits per heavy atom. The lowest BCUT2D eigenvalue weighted by Crippen LogP contribution is -2.23. The Labute approximate surface area is 164 Å². The lowest BCUT2D eigenvalue weighted by molar-refractivity contribution is -0.128. The van der Waals surface area contributed by atoms with E-state index < -0.39 is 0 Å². The summed E-state index contributed by atoms with van der Waals surface area (Å²) in [6.45, 7) is 1.40. The Morgan fingerprint density at radius 3 is 2.36 bits per heavy atom. The fraction of sp³-hybridized carbons (Fsp3) is 0.167. The van der Waals surface area contributed by atoms with Gasteiger partial charge in [-0.3, -0.25) is 9.59 Å². The Balaban J connectivity index is 1.43. The predicted octanol–water partition coefficient (Wildman–Crippen LogP) is 4.73. The molecule has 28 heavy (non-hydrogen) atoms. The SMILES string of the molecule is O=C(Nc1cccc(CN2CCCC2=O)c1)c1ccc(-c2ccccc2)cc1. The summed E-state index contributed by atoms with van der Waals surface area (Å²) in [6, 6.07) is 25.4. The van der Waals surface area contributed by atoms with Crippen molar-refractivity contribution in [3.8, 4) is 11.1 Å². The van der Waals surface area contributed by atoms with Crippen LogP contribution in [0.3, 0.4) is 0 Å². The third-order valence-electron chi connectivity index (χ3n) is 4.98. The van der Waals surface area contributed by atoms with Crippen LogP contribution in [0.25, 0.3) is 11.1 Å². The summed E-state index contributed by atoms with van der Waals surface area (Å²) in [6.07, 6.45) is 1.56. The Bertz CT molecular complexity index is 981. The maximum atomic E-state index is 12.6. The molecular formula is C24H22N2O2. The number of carbonyl (C=O) groups excluding carboxylic acids is 2. The third kappa shape index (κ3) is 4.12. The topological polar surface area (TPSA) is 49.4 Å². The van der Waals surface area contributed by atoms with Crippen LogP contribution in [0.15, 0.2) is 78.9 Å². The van der Waals surface area contributed by atoms with Crippen LogP contribution in [0, 0.1) is 0 Å². The molecule has 1 N–H and O–H groups in total. The smallest absolute Gasteiger partial charge is 0.255 e. The van der Waals surface area contributed by atoms with Crippen molar-refractivity contribution in [1.82, 2.24) is 4.90 Å². The largest absolute Gasteiger partial charge is 0.338 e. The molecule has 0 radical (unpaired) electrons. The standard InChI is InChI=1S/C24H22N2O2/c27-23-10-5-15-26(23)17-18-6-4-9-22(16-18)25-24(28)21-13-11-20(12-14-21)19-7-2-1-3-8-19/h1-4,6-9,11-14,16H,5,10,15,17H2,(H,25,28). The van der Waals surface area contributed by atoms with Crippen molar-refractivity contribution in [3.05, 3.63) is 90.0 Å². The number of likely N-dealkylation sites (tertiary alicyclic amines) is 1. The van der Waals surface area contributed by atoms with Crippen LogP contribution in [0.1, 0.15) is 28.8 Å². The van der Waals surface area contributed by atoms with Crippen molar-refractivity contribution in [3.63, 3.8) is 0 Å². The van der Waals surface area contributed by atoms with Crippen LogP contribution in [0.2, 0.25) is 0 Å². The first-order chi connectivity index (χ1) is 13.7. The summed E-state index contributed by atoms with van der Waals surface area (Å²) in [5, 5.41) is 2.95. The lowest BCUT2D eigenvalue weighted by Gasteiger charge is -2.16. The molecule has 0 atom stereocenters. The summed E-state index contributed by atoms with van der Waals surface area (Å²) in [4.78, 5) is 26.3. The molecule has 1 heterocycles. The van der Waals surface area contributed by atoms with Crippen LogP contribution in [0.5, 0.6) is 0 Å². The van der Waals surface area contributed by atoms with E-state index in [4.69, 9.17) is 0 Å². The number of amides is 2. The van der Waals surface area contributed by atoms with E-state index in [9.17, 15) is 9.59 Å². The quantitative estimate of drug-likeness (QED) is 0.706. The molecule has 0 aliphatic carbocycles. The fourth-order valence-electron chi connectivity index (χ4n) is 3.49. The second-order valence-corrected chi connectivity index (χ2v) is 7.02. The van der Waals surface area contributed by atoms with E-state index in [-0.39, 0.29) is 11.8 Å². The van der Waals surface area contributed by atoms with E-state index in [0.717, 1.165) is 35.3 Å². The minimum absolute atomic E-state index is 0.144. The number of carbonyl (C=O) groups is 2. The van der Waals surface area contributed by atoms with Crippen molar-refractivity contribution in [1.29, 1.82) is 0 Å². The lowest BCUT2D eigenvalue weighted by atomic mass is 10.0. The van der Waals surface area contributed by atoms with Gasteiger partial charge in [-0.05, 0) is 47.4 Å². The highest BCUT2D eigenvalue weighted by molar-refractivity contribution is 6.04. The first kappa shape index (κ1) is 18.0. The van der Waals surface area contributed by atoms with Crippen molar-refractivity contribution in [2.24, 2.45) is 0 Å².